The molecule has 0 saturated heterocycles. The lowest BCUT2D eigenvalue weighted by molar-refractivity contribution is 0.194. The van der Waals surface area contributed by atoms with E-state index < -0.39 is 0 Å². The van der Waals surface area contributed by atoms with Crippen LogP contribution in [0.1, 0.15) is 17.5 Å². The maximum absolute atomic E-state index is 13.6. The highest BCUT2D eigenvalue weighted by Gasteiger charge is 2.05. The number of nitrogens with one attached hydrogen (secondary N) is 1. The third kappa shape index (κ3) is 5.13. The maximum Gasteiger partial charge on any atom is 0.129 e. The SMILES string of the molecule is COCCCNCc1ccccc1OCc1ccccc1F. The van der Waals surface area contributed by atoms with E-state index in [2.05, 4.69) is 5.32 Å². The fraction of sp³-hybridized carbons (Fsp3) is 0.333. The van der Waals surface area contributed by atoms with Gasteiger partial charge in [0.05, 0.1) is 0 Å². The molecule has 1 N–H and O–H groups in total. The molecule has 0 amide bonds. The molecule has 0 heterocycles. The van der Waals surface area contributed by atoms with Crippen LogP contribution in [0.25, 0.3) is 0 Å². The summed E-state index contributed by atoms with van der Waals surface area (Å²) < 4.78 is 24.4. The van der Waals surface area contributed by atoms with Gasteiger partial charge in [0.25, 0.3) is 0 Å². The lowest BCUT2D eigenvalue weighted by Gasteiger charge is -2.12. The van der Waals surface area contributed by atoms with Crippen LogP contribution in [-0.2, 0) is 17.9 Å². The summed E-state index contributed by atoms with van der Waals surface area (Å²) in [5.74, 6) is 0.544. The Morgan fingerprint density at radius 1 is 1.00 bits per heavy atom. The number of ether oxygens (including phenoxy) is 2. The second-order valence-electron chi connectivity index (χ2n) is 5.01. The summed E-state index contributed by atoms with van der Waals surface area (Å²) in [6, 6.07) is 14.5. The summed E-state index contributed by atoms with van der Waals surface area (Å²) in [4.78, 5) is 0. The molecule has 118 valence electrons. The van der Waals surface area contributed by atoms with Crippen LogP contribution in [0.3, 0.4) is 0 Å². The van der Waals surface area contributed by atoms with Crippen molar-refractivity contribution in [3.63, 3.8) is 0 Å². The lowest BCUT2D eigenvalue weighted by atomic mass is 10.2. The van der Waals surface area contributed by atoms with E-state index in [-0.39, 0.29) is 12.4 Å². The molecule has 0 unspecified atom stereocenters. The number of para-hydroxylation sites is 1. The molecule has 22 heavy (non-hydrogen) atoms. The molecule has 0 bridgehead atoms. The fourth-order valence-electron chi connectivity index (χ4n) is 2.13. The van der Waals surface area contributed by atoms with Crippen molar-refractivity contribution in [2.24, 2.45) is 0 Å². The summed E-state index contributed by atoms with van der Waals surface area (Å²) >= 11 is 0. The molecule has 0 aliphatic heterocycles. The van der Waals surface area contributed by atoms with Crippen molar-refractivity contribution < 1.29 is 13.9 Å². The van der Waals surface area contributed by atoms with Gasteiger partial charge in [0, 0.05) is 31.4 Å². The minimum absolute atomic E-state index is 0.230. The van der Waals surface area contributed by atoms with Crippen LogP contribution in [0.5, 0.6) is 5.75 Å². The quantitative estimate of drug-likeness (QED) is 0.719. The Hall–Kier alpha value is -1.91. The molecule has 2 aromatic rings. The second kappa shape index (κ2) is 9.18. The van der Waals surface area contributed by atoms with Gasteiger partial charge >= 0.3 is 0 Å². The van der Waals surface area contributed by atoms with Crippen LogP contribution in [0.4, 0.5) is 4.39 Å². The van der Waals surface area contributed by atoms with Crippen LogP contribution in [0.2, 0.25) is 0 Å². The van der Waals surface area contributed by atoms with Crippen molar-refractivity contribution in [2.45, 2.75) is 19.6 Å². The molecular weight excluding hydrogens is 281 g/mol. The summed E-state index contributed by atoms with van der Waals surface area (Å²) in [5.41, 5.74) is 1.63. The first-order valence-corrected chi connectivity index (χ1v) is 7.45. The van der Waals surface area contributed by atoms with Gasteiger partial charge in [-0.3, -0.25) is 0 Å². The van der Waals surface area contributed by atoms with Gasteiger partial charge < -0.3 is 14.8 Å². The normalized spacial score (nSPS) is 10.6. The van der Waals surface area contributed by atoms with Crippen LogP contribution < -0.4 is 10.1 Å². The molecular formula is C18H22FNO2. The molecule has 0 spiro atoms. The summed E-state index contributed by atoms with van der Waals surface area (Å²) in [5, 5.41) is 3.35. The second-order valence-corrected chi connectivity index (χ2v) is 5.01. The molecule has 0 aliphatic rings. The van der Waals surface area contributed by atoms with Crippen molar-refractivity contribution in [2.75, 3.05) is 20.3 Å². The first-order chi connectivity index (χ1) is 10.8. The van der Waals surface area contributed by atoms with E-state index in [0.717, 1.165) is 37.4 Å². The molecule has 0 atom stereocenters. The number of hydrogen-bond donors (Lipinski definition) is 1. The molecule has 0 radical (unpaired) electrons. The van der Waals surface area contributed by atoms with Gasteiger partial charge in [-0.15, -0.1) is 0 Å². The van der Waals surface area contributed by atoms with E-state index in [1.165, 1.54) is 6.07 Å². The predicted octanol–water partition coefficient (Wildman–Crippen LogP) is 3.53. The Kier molecular flexibility index (Phi) is 6.87. The van der Waals surface area contributed by atoms with Crippen LogP contribution >= 0.6 is 0 Å². The van der Waals surface area contributed by atoms with Gasteiger partial charge in [0.2, 0.25) is 0 Å². The van der Waals surface area contributed by atoms with Gasteiger partial charge in [-0.1, -0.05) is 36.4 Å². The van der Waals surface area contributed by atoms with Crippen molar-refractivity contribution in [3.05, 3.63) is 65.5 Å². The zero-order chi connectivity index (χ0) is 15.6. The standard InChI is InChI=1S/C18H22FNO2/c1-21-12-6-11-20-13-15-7-3-5-10-18(15)22-14-16-8-2-4-9-17(16)19/h2-5,7-10,20H,6,11-14H2,1H3. The molecule has 3 nitrogen and oxygen atoms in total. The van der Waals surface area contributed by atoms with Crippen molar-refractivity contribution in [1.29, 1.82) is 0 Å². The molecule has 0 saturated carbocycles. The molecule has 0 fully saturated rings. The number of halogens is 1. The Morgan fingerprint density at radius 2 is 1.73 bits per heavy atom. The first kappa shape index (κ1) is 16.5. The Labute approximate surface area is 131 Å². The minimum atomic E-state index is -0.238. The summed E-state index contributed by atoms with van der Waals surface area (Å²) in [6.45, 7) is 2.58. The Morgan fingerprint density at radius 3 is 2.50 bits per heavy atom. The van der Waals surface area contributed by atoms with Gasteiger partial charge in [-0.05, 0) is 25.1 Å². The predicted molar refractivity (Wildman–Crippen MR) is 85.4 cm³/mol. The zero-order valence-electron chi connectivity index (χ0n) is 12.8. The summed E-state index contributed by atoms with van der Waals surface area (Å²) in [6.07, 6.45) is 0.967. The highest BCUT2D eigenvalue weighted by Crippen LogP contribution is 2.20. The highest BCUT2D eigenvalue weighted by molar-refractivity contribution is 5.33. The van der Waals surface area contributed by atoms with Gasteiger partial charge in [-0.25, -0.2) is 4.39 Å². The fourth-order valence-corrected chi connectivity index (χ4v) is 2.13. The van der Waals surface area contributed by atoms with E-state index in [9.17, 15) is 4.39 Å². The van der Waals surface area contributed by atoms with Gasteiger partial charge in [0.15, 0.2) is 0 Å². The zero-order valence-corrected chi connectivity index (χ0v) is 12.8. The summed E-state index contributed by atoms with van der Waals surface area (Å²) in [7, 11) is 1.70. The first-order valence-electron chi connectivity index (χ1n) is 7.45. The lowest BCUT2D eigenvalue weighted by Crippen LogP contribution is -2.16. The van der Waals surface area contributed by atoms with Crippen LogP contribution in [0, 0.1) is 5.82 Å². The van der Waals surface area contributed by atoms with E-state index in [1.54, 1.807) is 19.2 Å². The van der Waals surface area contributed by atoms with Crippen molar-refractivity contribution in [1.82, 2.24) is 5.32 Å². The Bertz CT molecular complexity index is 575. The van der Waals surface area contributed by atoms with E-state index >= 15 is 0 Å². The third-order valence-corrected chi connectivity index (χ3v) is 3.33. The average Bonchev–Trinajstić information content (AvgIpc) is 2.55. The van der Waals surface area contributed by atoms with Crippen LogP contribution in [-0.4, -0.2) is 20.3 Å². The number of benzene rings is 2. The number of hydrogen-bond acceptors (Lipinski definition) is 3. The molecule has 2 rings (SSSR count). The monoisotopic (exact) mass is 303 g/mol. The topological polar surface area (TPSA) is 30.5 Å². The Balaban J connectivity index is 1.89. The van der Waals surface area contributed by atoms with E-state index in [0.29, 0.717) is 5.56 Å². The molecule has 0 aliphatic carbocycles. The van der Waals surface area contributed by atoms with Crippen LogP contribution in [0.15, 0.2) is 48.5 Å². The van der Waals surface area contributed by atoms with Gasteiger partial charge in [-0.2, -0.15) is 0 Å². The minimum Gasteiger partial charge on any atom is -0.488 e. The van der Waals surface area contributed by atoms with Crippen molar-refractivity contribution in [3.8, 4) is 5.75 Å². The number of rotatable bonds is 9. The van der Waals surface area contributed by atoms with E-state index in [4.69, 9.17) is 9.47 Å². The number of methoxy groups -OCH3 is 1. The maximum atomic E-state index is 13.6. The van der Waals surface area contributed by atoms with E-state index in [1.807, 2.05) is 30.3 Å². The van der Waals surface area contributed by atoms with Gasteiger partial charge in [0.1, 0.15) is 18.2 Å². The largest absolute Gasteiger partial charge is 0.488 e. The molecule has 4 heteroatoms. The molecule has 0 aromatic heterocycles. The average molecular weight is 303 g/mol. The smallest absolute Gasteiger partial charge is 0.129 e. The molecule has 2 aromatic carbocycles. The third-order valence-electron chi connectivity index (χ3n) is 3.33. The van der Waals surface area contributed by atoms with Crippen molar-refractivity contribution >= 4 is 0 Å². The highest BCUT2D eigenvalue weighted by atomic mass is 19.1.